The van der Waals surface area contributed by atoms with Crippen LogP contribution in [0.2, 0.25) is 0 Å². The number of aliphatic hydroxyl groups is 1. The van der Waals surface area contributed by atoms with Crippen molar-refractivity contribution in [3.8, 4) is 0 Å². The van der Waals surface area contributed by atoms with Crippen molar-refractivity contribution in [2.45, 2.75) is 45.7 Å². The van der Waals surface area contributed by atoms with Crippen LogP contribution in [0.5, 0.6) is 0 Å². The van der Waals surface area contributed by atoms with Crippen LogP contribution in [0.3, 0.4) is 0 Å². The van der Waals surface area contributed by atoms with Gasteiger partial charge in [0, 0.05) is 19.4 Å². The van der Waals surface area contributed by atoms with E-state index in [9.17, 15) is 9.90 Å². The number of carbonyl (C=O) groups is 1. The average molecular weight is 442 g/mol. The van der Waals surface area contributed by atoms with Crippen LogP contribution in [0, 0.1) is 19.3 Å². The van der Waals surface area contributed by atoms with Crippen molar-refractivity contribution >= 4 is 16.8 Å². The molecular weight excluding hydrogens is 410 g/mol. The van der Waals surface area contributed by atoms with Crippen molar-refractivity contribution in [2.24, 2.45) is 0 Å². The van der Waals surface area contributed by atoms with E-state index < -0.39 is 6.04 Å². The van der Waals surface area contributed by atoms with Crippen LogP contribution in [0.15, 0.2) is 72.8 Å². The minimum Gasteiger partial charge on any atom is -0.396 e. The molecule has 0 aliphatic rings. The SMILES string of the molecule is Cc1ccc(C[C@@H](C(=O)CCCO)n2c(=N)n(Cc3ccc(C)cc3)c3ccccc32)cc1. The molecule has 5 heteroatoms. The molecule has 0 fully saturated rings. The first kappa shape index (κ1) is 22.7. The van der Waals surface area contributed by atoms with E-state index in [1.807, 2.05) is 40.3 Å². The highest BCUT2D eigenvalue weighted by Crippen LogP contribution is 2.24. The number of benzene rings is 3. The number of aliphatic hydroxyl groups excluding tert-OH is 1. The van der Waals surface area contributed by atoms with Gasteiger partial charge in [0.25, 0.3) is 0 Å². The zero-order valence-electron chi connectivity index (χ0n) is 19.3. The van der Waals surface area contributed by atoms with Gasteiger partial charge in [-0.25, -0.2) is 0 Å². The largest absolute Gasteiger partial charge is 0.396 e. The summed E-state index contributed by atoms with van der Waals surface area (Å²) in [6.07, 6.45) is 1.23. The van der Waals surface area contributed by atoms with Crippen LogP contribution in [0.1, 0.15) is 41.1 Å². The number of ketones is 1. The minimum absolute atomic E-state index is 0.0173. The van der Waals surface area contributed by atoms with E-state index in [0.29, 0.717) is 25.0 Å². The fraction of sp³-hybridized carbons (Fsp3) is 0.286. The van der Waals surface area contributed by atoms with Crippen molar-refractivity contribution in [3.63, 3.8) is 0 Å². The van der Waals surface area contributed by atoms with Crippen molar-refractivity contribution in [3.05, 3.63) is 101 Å². The molecule has 4 aromatic rings. The van der Waals surface area contributed by atoms with E-state index in [1.165, 1.54) is 11.1 Å². The monoisotopic (exact) mass is 441 g/mol. The Morgan fingerprint density at radius 1 is 0.879 bits per heavy atom. The molecule has 0 amide bonds. The highest BCUT2D eigenvalue weighted by atomic mass is 16.3. The second-order valence-electron chi connectivity index (χ2n) is 8.75. The number of aryl methyl sites for hydroxylation is 2. The lowest BCUT2D eigenvalue weighted by atomic mass is 9.98. The Morgan fingerprint density at radius 3 is 2.06 bits per heavy atom. The van der Waals surface area contributed by atoms with Crippen LogP contribution in [0.4, 0.5) is 0 Å². The van der Waals surface area contributed by atoms with E-state index in [2.05, 4.69) is 55.5 Å². The zero-order chi connectivity index (χ0) is 23.4. The molecule has 0 unspecified atom stereocenters. The van der Waals surface area contributed by atoms with Gasteiger partial charge in [0.05, 0.1) is 23.6 Å². The molecule has 0 aliphatic heterocycles. The maximum Gasteiger partial charge on any atom is 0.204 e. The van der Waals surface area contributed by atoms with Crippen molar-refractivity contribution < 1.29 is 9.90 Å². The number of aromatic nitrogens is 2. The fourth-order valence-electron chi connectivity index (χ4n) is 4.32. The molecule has 0 bridgehead atoms. The number of carbonyl (C=O) groups excluding carboxylic acids is 1. The third-order valence-electron chi connectivity index (χ3n) is 6.19. The fourth-order valence-corrected chi connectivity index (χ4v) is 4.32. The number of hydrogen-bond donors (Lipinski definition) is 2. The first-order valence-corrected chi connectivity index (χ1v) is 11.5. The van der Waals surface area contributed by atoms with Gasteiger partial charge in [-0.15, -0.1) is 0 Å². The number of nitrogens with one attached hydrogen (secondary N) is 1. The maximum atomic E-state index is 13.4. The lowest BCUT2D eigenvalue weighted by molar-refractivity contribution is -0.122. The number of Topliss-reactive ketones (excluding diaryl/α,β-unsaturated/α-hetero) is 1. The summed E-state index contributed by atoms with van der Waals surface area (Å²) in [4.78, 5) is 13.4. The summed E-state index contributed by atoms with van der Waals surface area (Å²) in [6, 6.07) is 24.0. The Morgan fingerprint density at radius 2 is 1.45 bits per heavy atom. The molecule has 0 aliphatic carbocycles. The van der Waals surface area contributed by atoms with Gasteiger partial charge in [0.2, 0.25) is 5.62 Å². The first-order valence-electron chi connectivity index (χ1n) is 11.5. The van der Waals surface area contributed by atoms with E-state index in [4.69, 9.17) is 5.41 Å². The Hall–Kier alpha value is -3.44. The quantitative estimate of drug-likeness (QED) is 0.395. The van der Waals surface area contributed by atoms with Gasteiger partial charge in [0.1, 0.15) is 0 Å². The summed E-state index contributed by atoms with van der Waals surface area (Å²) >= 11 is 0. The molecular formula is C28H31N3O2. The van der Waals surface area contributed by atoms with Gasteiger partial charge in [0.15, 0.2) is 5.78 Å². The normalized spacial score (nSPS) is 12.2. The van der Waals surface area contributed by atoms with E-state index >= 15 is 0 Å². The Kier molecular flexibility index (Phi) is 6.90. The summed E-state index contributed by atoms with van der Waals surface area (Å²) in [5, 5.41) is 18.4. The van der Waals surface area contributed by atoms with Gasteiger partial charge in [-0.1, -0.05) is 71.8 Å². The molecule has 1 heterocycles. The standard InChI is InChI=1S/C28H31N3O2/c1-20-9-13-22(14-10-20)18-26(27(33)8-5-17-32)31-25-7-4-3-6-24(25)30(28(31)29)19-23-15-11-21(2)12-16-23/h3-4,6-7,9-16,26,29,32H,5,8,17-19H2,1-2H3/t26-/m0/s1. The highest BCUT2D eigenvalue weighted by molar-refractivity contribution is 5.86. The Labute approximate surface area is 194 Å². The maximum absolute atomic E-state index is 13.4. The third kappa shape index (κ3) is 4.99. The van der Waals surface area contributed by atoms with E-state index in [-0.39, 0.29) is 18.8 Å². The Balaban J connectivity index is 1.81. The molecule has 0 saturated heterocycles. The summed E-state index contributed by atoms with van der Waals surface area (Å²) in [6.45, 7) is 4.65. The summed E-state index contributed by atoms with van der Waals surface area (Å²) < 4.78 is 3.85. The van der Waals surface area contributed by atoms with Crippen molar-refractivity contribution in [1.82, 2.24) is 9.13 Å². The van der Waals surface area contributed by atoms with E-state index in [0.717, 1.165) is 22.2 Å². The van der Waals surface area contributed by atoms with Crippen LogP contribution < -0.4 is 5.62 Å². The van der Waals surface area contributed by atoms with E-state index in [1.54, 1.807) is 0 Å². The first-order chi connectivity index (χ1) is 16.0. The van der Waals surface area contributed by atoms with Gasteiger partial charge < -0.3 is 9.67 Å². The van der Waals surface area contributed by atoms with Gasteiger partial charge >= 0.3 is 0 Å². The second kappa shape index (κ2) is 10.0. The molecule has 170 valence electrons. The molecule has 0 saturated carbocycles. The van der Waals surface area contributed by atoms with Crippen LogP contribution >= 0.6 is 0 Å². The molecule has 0 spiro atoms. The topological polar surface area (TPSA) is 71.0 Å². The van der Waals surface area contributed by atoms with Gasteiger partial charge in [-0.2, -0.15) is 0 Å². The van der Waals surface area contributed by atoms with Crippen LogP contribution in [-0.4, -0.2) is 26.6 Å². The van der Waals surface area contributed by atoms with Gasteiger partial charge in [-0.3, -0.25) is 14.8 Å². The smallest absolute Gasteiger partial charge is 0.204 e. The lowest BCUT2D eigenvalue weighted by Crippen LogP contribution is -2.33. The lowest BCUT2D eigenvalue weighted by Gasteiger charge is -2.19. The molecule has 0 radical (unpaired) electrons. The van der Waals surface area contributed by atoms with Crippen molar-refractivity contribution in [2.75, 3.05) is 6.61 Å². The average Bonchev–Trinajstić information content (AvgIpc) is 3.09. The summed E-state index contributed by atoms with van der Waals surface area (Å²) in [7, 11) is 0. The number of para-hydroxylation sites is 2. The molecule has 2 N–H and O–H groups in total. The van der Waals surface area contributed by atoms with Gasteiger partial charge in [-0.05, 0) is 43.5 Å². The zero-order valence-corrected chi connectivity index (χ0v) is 19.3. The molecule has 3 aromatic carbocycles. The number of imidazole rings is 1. The second-order valence-corrected chi connectivity index (χ2v) is 8.75. The predicted molar refractivity (Wildman–Crippen MR) is 131 cm³/mol. The molecule has 1 atom stereocenters. The minimum atomic E-state index is -0.504. The molecule has 33 heavy (non-hydrogen) atoms. The molecule has 1 aromatic heterocycles. The molecule has 4 rings (SSSR count). The van der Waals surface area contributed by atoms with Crippen molar-refractivity contribution in [1.29, 1.82) is 5.41 Å². The summed E-state index contributed by atoms with van der Waals surface area (Å²) in [5.41, 5.74) is 6.67. The van der Waals surface area contributed by atoms with Crippen LogP contribution in [0.25, 0.3) is 11.0 Å². The molecule has 5 nitrogen and oxygen atoms in total. The number of rotatable bonds is 9. The summed E-state index contributed by atoms with van der Waals surface area (Å²) in [5.74, 6) is 0.0429. The highest BCUT2D eigenvalue weighted by Gasteiger charge is 2.25. The Bertz CT molecular complexity index is 1300. The van der Waals surface area contributed by atoms with Crippen LogP contribution in [-0.2, 0) is 17.8 Å². The third-order valence-corrected chi connectivity index (χ3v) is 6.19. The number of nitrogens with zero attached hydrogens (tertiary/aromatic N) is 2. The number of hydrogen-bond acceptors (Lipinski definition) is 3. The number of fused-ring (bicyclic) bond motifs is 1. The predicted octanol–water partition coefficient (Wildman–Crippen LogP) is 4.71.